The molecule has 0 radical (unpaired) electrons. The third-order valence-corrected chi connectivity index (χ3v) is 7.65. The Hall–Kier alpha value is -3.20. The van der Waals surface area contributed by atoms with Crippen LogP contribution < -0.4 is 10.2 Å². The Balaban J connectivity index is 1.34. The molecule has 1 aliphatic heterocycles. The highest BCUT2D eigenvalue weighted by Gasteiger charge is 2.27. The number of aromatic nitrogens is 1. The average Bonchev–Trinajstić information content (AvgIpc) is 2.92. The minimum atomic E-state index is -0.367. The number of nitro benzene ring substituents is 1. The molecule has 1 fully saturated rings. The highest BCUT2D eigenvalue weighted by Crippen LogP contribution is 2.28. The molecule has 1 N–H and O–H groups in total. The van der Waals surface area contributed by atoms with Crippen molar-refractivity contribution in [1.82, 2.24) is 15.2 Å². The first-order chi connectivity index (χ1) is 18.3. The molecule has 1 amide bonds. The van der Waals surface area contributed by atoms with Gasteiger partial charge in [-0.25, -0.2) is 0 Å². The van der Waals surface area contributed by atoms with Crippen molar-refractivity contribution in [2.24, 2.45) is 0 Å². The van der Waals surface area contributed by atoms with E-state index < -0.39 is 0 Å². The van der Waals surface area contributed by atoms with Crippen LogP contribution in [0, 0.1) is 10.1 Å². The standard InChI is InChI=1S/C28H31Cl2N5O3/c1-20(11-14-32-28(36)27-25(29)17-31-18-26(27)30)33-15-12-23(13-16-33)34(19-21-5-3-2-4-6-21)22-7-9-24(10-8-22)35(37)38/h2-10,17-18,20,23H,11-16,19H2,1H3,(H,32,36). The van der Waals surface area contributed by atoms with Gasteiger partial charge in [-0.05, 0) is 43.9 Å². The van der Waals surface area contributed by atoms with Gasteiger partial charge in [0.2, 0.25) is 0 Å². The number of nitro groups is 1. The van der Waals surface area contributed by atoms with Gasteiger partial charge < -0.3 is 15.1 Å². The summed E-state index contributed by atoms with van der Waals surface area (Å²) in [5.41, 5.74) is 2.54. The summed E-state index contributed by atoms with van der Waals surface area (Å²) in [6.45, 7) is 5.29. The number of benzene rings is 2. The molecule has 200 valence electrons. The summed E-state index contributed by atoms with van der Waals surface area (Å²) in [5, 5.41) is 14.5. The summed E-state index contributed by atoms with van der Waals surface area (Å²) in [4.78, 5) is 32.0. The SMILES string of the molecule is CC(CCNC(=O)c1c(Cl)cncc1Cl)N1CCC(N(Cc2ccccc2)c2ccc([N+](=O)[O-])cc2)CC1. The molecule has 1 atom stereocenters. The molecule has 0 aliphatic carbocycles. The molecule has 2 heterocycles. The van der Waals surface area contributed by atoms with E-state index in [0.717, 1.165) is 44.6 Å². The maximum atomic E-state index is 12.5. The Morgan fingerprint density at radius 1 is 1.11 bits per heavy atom. The highest BCUT2D eigenvalue weighted by atomic mass is 35.5. The number of nitrogens with one attached hydrogen (secondary N) is 1. The number of carbonyl (C=O) groups excluding carboxylic acids is 1. The van der Waals surface area contributed by atoms with Gasteiger partial charge in [0.15, 0.2) is 0 Å². The molecule has 38 heavy (non-hydrogen) atoms. The topological polar surface area (TPSA) is 91.6 Å². The Labute approximate surface area is 232 Å². The predicted molar refractivity (Wildman–Crippen MR) is 151 cm³/mol. The van der Waals surface area contributed by atoms with Gasteiger partial charge >= 0.3 is 0 Å². The summed E-state index contributed by atoms with van der Waals surface area (Å²) >= 11 is 12.2. The van der Waals surface area contributed by atoms with E-state index in [-0.39, 0.29) is 32.1 Å². The van der Waals surface area contributed by atoms with Gasteiger partial charge in [-0.1, -0.05) is 53.5 Å². The van der Waals surface area contributed by atoms with Crippen LogP contribution in [0.15, 0.2) is 67.0 Å². The monoisotopic (exact) mass is 555 g/mol. The zero-order chi connectivity index (χ0) is 27.1. The van der Waals surface area contributed by atoms with Crippen molar-refractivity contribution in [3.63, 3.8) is 0 Å². The van der Waals surface area contributed by atoms with Gasteiger partial charge in [0.25, 0.3) is 11.6 Å². The number of hydrogen-bond acceptors (Lipinski definition) is 6. The maximum absolute atomic E-state index is 12.5. The lowest BCUT2D eigenvalue weighted by molar-refractivity contribution is -0.384. The molecule has 1 saturated heterocycles. The second-order valence-electron chi connectivity index (χ2n) is 9.53. The van der Waals surface area contributed by atoms with Crippen molar-refractivity contribution >= 4 is 40.5 Å². The number of rotatable bonds is 10. The number of nitrogens with zero attached hydrogens (tertiary/aromatic N) is 4. The number of anilines is 1. The minimum Gasteiger partial charge on any atom is -0.364 e. The van der Waals surface area contributed by atoms with E-state index in [4.69, 9.17) is 23.2 Å². The first kappa shape index (κ1) is 27.8. The van der Waals surface area contributed by atoms with Gasteiger partial charge in [-0.3, -0.25) is 19.9 Å². The lowest BCUT2D eigenvalue weighted by Crippen LogP contribution is -2.48. The molecule has 1 aromatic heterocycles. The fourth-order valence-electron chi connectivity index (χ4n) is 4.91. The quantitative estimate of drug-likeness (QED) is 0.244. The summed E-state index contributed by atoms with van der Waals surface area (Å²) in [6.07, 6.45) is 5.57. The van der Waals surface area contributed by atoms with Crippen molar-refractivity contribution in [2.75, 3.05) is 24.5 Å². The van der Waals surface area contributed by atoms with Crippen LogP contribution in [-0.2, 0) is 6.54 Å². The fraction of sp³-hybridized carbons (Fsp3) is 0.357. The second kappa shape index (κ2) is 13.0. The highest BCUT2D eigenvalue weighted by molar-refractivity contribution is 6.39. The molecular weight excluding hydrogens is 525 g/mol. The normalized spacial score (nSPS) is 15.1. The van der Waals surface area contributed by atoms with Gasteiger partial charge in [0, 0.05) is 68.5 Å². The van der Waals surface area contributed by atoms with Crippen LogP contribution in [0.2, 0.25) is 10.0 Å². The van der Waals surface area contributed by atoms with E-state index >= 15 is 0 Å². The van der Waals surface area contributed by atoms with Crippen molar-refractivity contribution in [3.8, 4) is 0 Å². The Morgan fingerprint density at radius 3 is 2.34 bits per heavy atom. The molecule has 10 heteroatoms. The third kappa shape index (κ3) is 7.01. The predicted octanol–water partition coefficient (Wildman–Crippen LogP) is 5.98. The molecular formula is C28H31Cl2N5O3. The number of likely N-dealkylation sites (tertiary alicyclic amines) is 1. The number of piperidine rings is 1. The van der Waals surface area contributed by atoms with Gasteiger partial charge in [0.1, 0.15) is 0 Å². The van der Waals surface area contributed by atoms with Gasteiger partial charge in [0.05, 0.1) is 20.5 Å². The first-order valence-corrected chi connectivity index (χ1v) is 13.5. The third-order valence-electron chi connectivity index (χ3n) is 7.08. The second-order valence-corrected chi connectivity index (χ2v) is 10.3. The number of amides is 1. The van der Waals surface area contributed by atoms with Gasteiger partial charge in [-0.15, -0.1) is 0 Å². The smallest absolute Gasteiger partial charge is 0.269 e. The van der Waals surface area contributed by atoms with Crippen LogP contribution in [0.25, 0.3) is 0 Å². The Morgan fingerprint density at radius 2 is 1.74 bits per heavy atom. The van der Waals surface area contributed by atoms with Gasteiger partial charge in [-0.2, -0.15) is 0 Å². The minimum absolute atomic E-state index is 0.0950. The van der Waals surface area contributed by atoms with Crippen LogP contribution in [0.1, 0.15) is 42.1 Å². The lowest BCUT2D eigenvalue weighted by atomic mass is 9.99. The lowest BCUT2D eigenvalue weighted by Gasteiger charge is -2.42. The van der Waals surface area contributed by atoms with E-state index in [1.807, 2.05) is 30.3 Å². The molecule has 4 rings (SSSR count). The molecule has 8 nitrogen and oxygen atoms in total. The van der Waals surface area contributed by atoms with Crippen molar-refractivity contribution in [2.45, 2.75) is 44.8 Å². The van der Waals surface area contributed by atoms with Crippen LogP contribution in [0.5, 0.6) is 0 Å². The average molecular weight is 556 g/mol. The van der Waals surface area contributed by atoms with Crippen LogP contribution in [-0.4, -0.2) is 52.4 Å². The summed E-state index contributed by atoms with van der Waals surface area (Å²) < 4.78 is 0. The van der Waals surface area contributed by atoms with Crippen molar-refractivity contribution in [1.29, 1.82) is 0 Å². The number of carbonyl (C=O) groups is 1. The zero-order valence-corrected chi connectivity index (χ0v) is 22.7. The number of hydrogen-bond donors (Lipinski definition) is 1. The molecule has 0 spiro atoms. The maximum Gasteiger partial charge on any atom is 0.269 e. The van der Waals surface area contributed by atoms with Crippen LogP contribution in [0.4, 0.5) is 11.4 Å². The van der Waals surface area contributed by atoms with E-state index in [2.05, 4.69) is 39.2 Å². The van der Waals surface area contributed by atoms with Crippen LogP contribution >= 0.6 is 23.2 Å². The zero-order valence-electron chi connectivity index (χ0n) is 21.2. The van der Waals surface area contributed by atoms with E-state index in [9.17, 15) is 14.9 Å². The van der Waals surface area contributed by atoms with Crippen molar-refractivity contribution in [3.05, 3.63) is 98.3 Å². The number of halogens is 2. The summed E-state index contributed by atoms with van der Waals surface area (Å²) in [6, 6.07) is 17.7. The number of non-ortho nitro benzene ring substituents is 1. The molecule has 3 aromatic rings. The molecule has 2 aromatic carbocycles. The summed E-state index contributed by atoms with van der Waals surface area (Å²) in [5.74, 6) is -0.298. The molecule has 0 bridgehead atoms. The largest absolute Gasteiger partial charge is 0.364 e. The Kier molecular flexibility index (Phi) is 9.55. The van der Waals surface area contributed by atoms with E-state index in [1.54, 1.807) is 12.1 Å². The molecule has 1 aliphatic rings. The Bertz CT molecular complexity index is 1210. The van der Waals surface area contributed by atoms with Crippen molar-refractivity contribution < 1.29 is 9.72 Å². The van der Waals surface area contributed by atoms with E-state index in [0.29, 0.717) is 18.6 Å². The van der Waals surface area contributed by atoms with Crippen LogP contribution in [0.3, 0.4) is 0 Å². The number of pyridine rings is 1. The summed E-state index contributed by atoms with van der Waals surface area (Å²) in [7, 11) is 0. The molecule has 0 saturated carbocycles. The first-order valence-electron chi connectivity index (χ1n) is 12.7. The van der Waals surface area contributed by atoms with E-state index in [1.165, 1.54) is 18.0 Å². The fourth-order valence-corrected chi connectivity index (χ4v) is 5.45. The molecule has 1 unspecified atom stereocenters.